The number of thiazole rings is 1. The summed E-state index contributed by atoms with van der Waals surface area (Å²) in [4.78, 5) is 5.83. The van der Waals surface area contributed by atoms with Crippen molar-refractivity contribution in [2.45, 2.75) is 19.9 Å². The number of halogens is 1. The molecule has 1 aromatic heterocycles. The van der Waals surface area contributed by atoms with E-state index >= 15 is 0 Å². The third kappa shape index (κ3) is 2.82. The van der Waals surface area contributed by atoms with Crippen LogP contribution in [0.15, 0.2) is 16.6 Å². The second kappa shape index (κ2) is 6.11. The van der Waals surface area contributed by atoms with Gasteiger partial charge in [0.2, 0.25) is 0 Å². The number of ether oxygens (including phenoxy) is 1. The van der Waals surface area contributed by atoms with E-state index in [9.17, 15) is 5.11 Å². The lowest BCUT2D eigenvalue weighted by atomic mass is 10.2. The summed E-state index contributed by atoms with van der Waals surface area (Å²) in [5, 5.41) is 14.0. The first-order valence-electron chi connectivity index (χ1n) is 6.19. The lowest BCUT2D eigenvalue weighted by Gasteiger charge is -2.08. The van der Waals surface area contributed by atoms with Gasteiger partial charge in [-0.05, 0) is 49.0 Å². The van der Waals surface area contributed by atoms with Crippen molar-refractivity contribution in [2.75, 3.05) is 14.2 Å². The van der Waals surface area contributed by atoms with Crippen molar-refractivity contribution in [1.82, 2.24) is 10.3 Å². The SMILES string of the molecule is CNC(C)c1sc(-c2cc(Br)c(O)c(OC)c2)nc1C. The van der Waals surface area contributed by atoms with Crippen molar-refractivity contribution < 1.29 is 9.84 Å². The smallest absolute Gasteiger partial charge is 0.172 e. The molecule has 0 aliphatic heterocycles. The van der Waals surface area contributed by atoms with Crippen LogP contribution in [-0.4, -0.2) is 24.2 Å². The molecule has 4 nitrogen and oxygen atoms in total. The number of aromatic hydroxyl groups is 1. The fourth-order valence-corrected chi connectivity index (χ4v) is 3.47. The number of phenols is 1. The van der Waals surface area contributed by atoms with Crippen LogP contribution in [0.25, 0.3) is 10.6 Å². The zero-order chi connectivity index (χ0) is 14.9. The van der Waals surface area contributed by atoms with Gasteiger partial charge in [-0.2, -0.15) is 0 Å². The molecule has 0 radical (unpaired) electrons. The number of nitrogens with zero attached hydrogens (tertiary/aromatic N) is 1. The zero-order valence-electron chi connectivity index (χ0n) is 11.8. The van der Waals surface area contributed by atoms with Gasteiger partial charge in [-0.3, -0.25) is 0 Å². The highest BCUT2D eigenvalue weighted by molar-refractivity contribution is 9.10. The van der Waals surface area contributed by atoms with E-state index in [1.165, 1.54) is 12.0 Å². The van der Waals surface area contributed by atoms with Crippen LogP contribution in [0.3, 0.4) is 0 Å². The highest BCUT2D eigenvalue weighted by Gasteiger charge is 2.16. The van der Waals surface area contributed by atoms with Crippen LogP contribution in [0, 0.1) is 6.92 Å². The molecule has 2 N–H and O–H groups in total. The Morgan fingerprint density at radius 2 is 2.15 bits per heavy atom. The average Bonchev–Trinajstić information content (AvgIpc) is 2.83. The standard InChI is InChI=1S/C14H17BrN2O2S/c1-7(16-3)13-8(2)17-14(20-13)9-5-10(15)12(18)11(6-9)19-4/h5-7,16,18H,1-4H3. The number of aromatic nitrogens is 1. The monoisotopic (exact) mass is 356 g/mol. The molecule has 2 aromatic rings. The number of benzene rings is 1. The van der Waals surface area contributed by atoms with E-state index in [0.717, 1.165) is 16.3 Å². The van der Waals surface area contributed by atoms with Gasteiger partial charge in [0, 0.05) is 16.5 Å². The molecule has 1 unspecified atom stereocenters. The summed E-state index contributed by atoms with van der Waals surface area (Å²) in [6, 6.07) is 3.92. The Morgan fingerprint density at radius 3 is 2.75 bits per heavy atom. The quantitative estimate of drug-likeness (QED) is 0.872. The maximum atomic E-state index is 9.86. The minimum absolute atomic E-state index is 0.105. The lowest BCUT2D eigenvalue weighted by molar-refractivity contribution is 0.372. The van der Waals surface area contributed by atoms with Gasteiger partial charge in [0.05, 0.1) is 17.3 Å². The molecule has 0 fully saturated rings. The van der Waals surface area contributed by atoms with Crippen LogP contribution in [0.2, 0.25) is 0 Å². The van der Waals surface area contributed by atoms with Gasteiger partial charge < -0.3 is 15.2 Å². The second-order valence-electron chi connectivity index (χ2n) is 4.49. The summed E-state index contributed by atoms with van der Waals surface area (Å²) >= 11 is 4.98. The molecule has 20 heavy (non-hydrogen) atoms. The molecule has 1 heterocycles. The van der Waals surface area contributed by atoms with Gasteiger partial charge in [0.25, 0.3) is 0 Å². The molecular weight excluding hydrogens is 340 g/mol. The van der Waals surface area contributed by atoms with Crippen LogP contribution >= 0.6 is 27.3 Å². The highest BCUT2D eigenvalue weighted by Crippen LogP contribution is 2.40. The summed E-state index contributed by atoms with van der Waals surface area (Å²) < 4.78 is 5.78. The second-order valence-corrected chi connectivity index (χ2v) is 6.37. The molecule has 0 saturated carbocycles. The third-order valence-electron chi connectivity index (χ3n) is 3.15. The summed E-state index contributed by atoms with van der Waals surface area (Å²) in [5.74, 6) is 0.541. The first-order chi connectivity index (χ1) is 9.47. The maximum absolute atomic E-state index is 9.86. The highest BCUT2D eigenvalue weighted by atomic mass is 79.9. The van der Waals surface area contributed by atoms with Gasteiger partial charge >= 0.3 is 0 Å². The summed E-state index contributed by atoms with van der Waals surface area (Å²) in [7, 11) is 3.47. The summed E-state index contributed by atoms with van der Waals surface area (Å²) in [6.45, 7) is 4.12. The Kier molecular flexibility index (Phi) is 4.67. The normalized spacial score (nSPS) is 12.4. The van der Waals surface area contributed by atoms with Gasteiger partial charge in [0.1, 0.15) is 5.01 Å². The fraction of sp³-hybridized carbons (Fsp3) is 0.357. The van der Waals surface area contributed by atoms with Gasteiger partial charge in [-0.25, -0.2) is 4.98 Å². The largest absolute Gasteiger partial charge is 0.503 e. The molecule has 0 aliphatic carbocycles. The van der Waals surface area contributed by atoms with Gasteiger partial charge in [-0.15, -0.1) is 11.3 Å². The van der Waals surface area contributed by atoms with E-state index < -0.39 is 0 Å². The molecule has 6 heteroatoms. The average molecular weight is 357 g/mol. The molecular formula is C14H17BrN2O2S. The number of nitrogens with one attached hydrogen (secondary N) is 1. The minimum Gasteiger partial charge on any atom is -0.503 e. The number of rotatable bonds is 4. The number of aryl methyl sites for hydroxylation is 1. The Balaban J connectivity index is 2.49. The lowest BCUT2D eigenvalue weighted by Crippen LogP contribution is -2.11. The van der Waals surface area contributed by atoms with E-state index in [4.69, 9.17) is 4.74 Å². The van der Waals surface area contributed by atoms with Crippen molar-refractivity contribution in [3.05, 3.63) is 27.2 Å². The third-order valence-corrected chi connectivity index (χ3v) is 5.15. The van der Waals surface area contributed by atoms with E-state index in [0.29, 0.717) is 10.2 Å². The predicted octanol–water partition coefficient (Wildman–Crippen LogP) is 3.88. The van der Waals surface area contributed by atoms with Crippen molar-refractivity contribution >= 4 is 27.3 Å². The van der Waals surface area contributed by atoms with E-state index in [-0.39, 0.29) is 11.8 Å². The number of phenolic OH excluding ortho intramolecular Hbond substituents is 1. The molecule has 0 bridgehead atoms. The topological polar surface area (TPSA) is 54.4 Å². The van der Waals surface area contributed by atoms with Crippen molar-refractivity contribution in [3.63, 3.8) is 0 Å². The van der Waals surface area contributed by atoms with E-state index in [1.807, 2.05) is 20.0 Å². The van der Waals surface area contributed by atoms with E-state index in [1.54, 1.807) is 17.4 Å². The van der Waals surface area contributed by atoms with Crippen molar-refractivity contribution in [2.24, 2.45) is 0 Å². The van der Waals surface area contributed by atoms with Crippen LogP contribution in [0.1, 0.15) is 23.5 Å². The van der Waals surface area contributed by atoms with Crippen LogP contribution in [0.5, 0.6) is 11.5 Å². The van der Waals surface area contributed by atoms with Crippen LogP contribution < -0.4 is 10.1 Å². The molecule has 1 atom stereocenters. The van der Waals surface area contributed by atoms with Crippen LogP contribution in [-0.2, 0) is 0 Å². The molecule has 0 amide bonds. The number of hydrogen-bond acceptors (Lipinski definition) is 5. The van der Waals surface area contributed by atoms with Crippen molar-refractivity contribution in [1.29, 1.82) is 0 Å². The van der Waals surface area contributed by atoms with Crippen LogP contribution in [0.4, 0.5) is 0 Å². The Hall–Kier alpha value is -1.11. The fourth-order valence-electron chi connectivity index (χ4n) is 1.92. The zero-order valence-corrected chi connectivity index (χ0v) is 14.2. The van der Waals surface area contributed by atoms with Gasteiger partial charge in [0.15, 0.2) is 11.5 Å². The molecule has 1 aromatic carbocycles. The summed E-state index contributed by atoms with van der Waals surface area (Å²) in [6.07, 6.45) is 0. The van der Waals surface area contributed by atoms with Gasteiger partial charge in [-0.1, -0.05) is 0 Å². The maximum Gasteiger partial charge on any atom is 0.172 e. The molecule has 0 aliphatic rings. The Bertz CT molecular complexity index is 628. The number of methoxy groups -OCH3 is 1. The summed E-state index contributed by atoms with van der Waals surface area (Å²) in [5.41, 5.74) is 1.95. The molecule has 2 rings (SSSR count). The Morgan fingerprint density at radius 1 is 1.45 bits per heavy atom. The van der Waals surface area contributed by atoms with Crippen molar-refractivity contribution in [3.8, 4) is 22.1 Å². The van der Waals surface area contributed by atoms with E-state index in [2.05, 4.69) is 33.2 Å². The molecule has 108 valence electrons. The Labute approximate surface area is 130 Å². The number of hydrogen-bond donors (Lipinski definition) is 2. The predicted molar refractivity (Wildman–Crippen MR) is 85.7 cm³/mol. The molecule has 0 spiro atoms. The minimum atomic E-state index is 0.105. The molecule has 0 saturated heterocycles. The first kappa shape index (κ1) is 15.3. The first-order valence-corrected chi connectivity index (χ1v) is 7.80.